The summed E-state index contributed by atoms with van der Waals surface area (Å²) in [6.07, 6.45) is 0. The van der Waals surface area contributed by atoms with Gasteiger partial charge >= 0.3 is 0 Å². The Kier molecular flexibility index (Phi) is 5.63. The zero-order valence-electron chi connectivity index (χ0n) is 15.2. The molecule has 0 aliphatic carbocycles. The lowest BCUT2D eigenvalue weighted by Gasteiger charge is -2.37. The molecule has 0 spiro atoms. The van der Waals surface area contributed by atoms with Gasteiger partial charge in [-0.1, -0.05) is 17.7 Å². The minimum Gasteiger partial charge on any atom is -0.368 e. The fourth-order valence-electron chi connectivity index (χ4n) is 3.21. The quantitative estimate of drug-likeness (QED) is 0.814. The Morgan fingerprint density at radius 3 is 2.32 bits per heavy atom. The van der Waals surface area contributed by atoms with Crippen molar-refractivity contribution >= 4 is 29.1 Å². The summed E-state index contributed by atoms with van der Waals surface area (Å²) in [5, 5.41) is 0.787. The molecule has 1 aromatic carbocycles. The van der Waals surface area contributed by atoms with Crippen molar-refractivity contribution in [1.29, 1.82) is 0 Å². The average Bonchev–Trinajstić information content (AvgIpc) is 2.62. The summed E-state index contributed by atoms with van der Waals surface area (Å²) < 4.78 is 0. The maximum atomic E-state index is 6.12. The van der Waals surface area contributed by atoms with E-state index in [0.29, 0.717) is 0 Å². The molecule has 0 saturated carbocycles. The van der Waals surface area contributed by atoms with E-state index in [1.165, 1.54) is 5.69 Å². The second kappa shape index (κ2) is 7.91. The molecule has 5 nitrogen and oxygen atoms in total. The Bertz CT molecular complexity index is 709. The zero-order valence-corrected chi connectivity index (χ0v) is 16.0. The first-order valence-electron chi connectivity index (χ1n) is 8.96. The van der Waals surface area contributed by atoms with Crippen LogP contribution in [-0.4, -0.2) is 49.2 Å². The minimum absolute atomic E-state index is 0.787. The van der Waals surface area contributed by atoms with Crippen molar-refractivity contribution in [2.24, 2.45) is 0 Å². The minimum atomic E-state index is 0.787. The number of piperazine rings is 1. The Morgan fingerprint density at radius 1 is 1.00 bits per heavy atom. The molecular formula is C19H26ClN5. The predicted octanol–water partition coefficient (Wildman–Crippen LogP) is 3.61. The van der Waals surface area contributed by atoms with Gasteiger partial charge in [0.25, 0.3) is 0 Å². The topological polar surface area (TPSA) is 35.5 Å². The van der Waals surface area contributed by atoms with Crippen LogP contribution < -0.4 is 14.7 Å². The van der Waals surface area contributed by atoms with Gasteiger partial charge in [0, 0.05) is 61.7 Å². The normalized spacial score (nSPS) is 14.7. The van der Waals surface area contributed by atoms with E-state index in [4.69, 9.17) is 16.6 Å². The monoisotopic (exact) mass is 359 g/mol. The van der Waals surface area contributed by atoms with Gasteiger partial charge in [-0.15, -0.1) is 0 Å². The fourth-order valence-corrected chi connectivity index (χ4v) is 3.40. The molecular weight excluding hydrogens is 334 g/mol. The molecule has 3 rings (SSSR count). The van der Waals surface area contributed by atoms with E-state index >= 15 is 0 Å². The van der Waals surface area contributed by atoms with Gasteiger partial charge in [-0.25, -0.2) is 4.98 Å². The summed E-state index contributed by atoms with van der Waals surface area (Å²) in [5.41, 5.74) is 2.21. The van der Waals surface area contributed by atoms with E-state index in [1.54, 1.807) is 0 Å². The molecule has 0 radical (unpaired) electrons. The Hall–Kier alpha value is -2.01. The van der Waals surface area contributed by atoms with Gasteiger partial charge < -0.3 is 14.7 Å². The number of anilines is 3. The van der Waals surface area contributed by atoms with Crippen LogP contribution in [0.3, 0.4) is 0 Å². The van der Waals surface area contributed by atoms with Crippen LogP contribution in [0.2, 0.25) is 5.02 Å². The molecule has 1 saturated heterocycles. The molecule has 134 valence electrons. The van der Waals surface area contributed by atoms with E-state index in [9.17, 15) is 0 Å². The molecule has 25 heavy (non-hydrogen) atoms. The highest BCUT2D eigenvalue weighted by Crippen LogP contribution is 2.23. The van der Waals surface area contributed by atoms with Gasteiger partial charge in [0.1, 0.15) is 5.82 Å². The Morgan fingerprint density at radius 2 is 1.68 bits per heavy atom. The number of halogens is 1. The highest BCUT2D eigenvalue weighted by Gasteiger charge is 2.20. The third kappa shape index (κ3) is 4.15. The lowest BCUT2D eigenvalue weighted by atomic mass is 10.2. The van der Waals surface area contributed by atoms with Crippen molar-refractivity contribution in [1.82, 2.24) is 9.97 Å². The number of nitrogens with zero attached hydrogens (tertiary/aromatic N) is 5. The van der Waals surface area contributed by atoms with Crippen LogP contribution in [0.5, 0.6) is 0 Å². The van der Waals surface area contributed by atoms with Crippen molar-refractivity contribution < 1.29 is 0 Å². The van der Waals surface area contributed by atoms with E-state index in [2.05, 4.69) is 45.7 Å². The van der Waals surface area contributed by atoms with Gasteiger partial charge in [-0.3, -0.25) is 0 Å². The zero-order chi connectivity index (χ0) is 17.8. The number of aromatic nitrogens is 2. The van der Waals surface area contributed by atoms with Gasteiger partial charge in [0.05, 0.1) is 0 Å². The fraction of sp³-hybridized carbons (Fsp3) is 0.474. The van der Waals surface area contributed by atoms with Crippen LogP contribution >= 0.6 is 11.6 Å². The molecule has 6 heteroatoms. The second-order valence-electron chi connectivity index (χ2n) is 6.29. The van der Waals surface area contributed by atoms with Crippen molar-refractivity contribution in [3.8, 4) is 0 Å². The van der Waals surface area contributed by atoms with Crippen LogP contribution in [0.15, 0.2) is 30.3 Å². The van der Waals surface area contributed by atoms with Crippen molar-refractivity contribution in [3.63, 3.8) is 0 Å². The number of hydrogen-bond acceptors (Lipinski definition) is 5. The first kappa shape index (κ1) is 17.8. The first-order valence-corrected chi connectivity index (χ1v) is 9.34. The van der Waals surface area contributed by atoms with Crippen molar-refractivity contribution in [2.75, 3.05) is 54.0 Å². The second-order valence-corrected chi connectivity index (χ2v) is 6.73. The molecule has 1 aliphatic heterocycles. The number of hydrogen-bond donors (Lipinski definition) is 0. The molecule has 0 amide bonds. The van der Waals surface area contributed by atoms with E-state index in [-0.39, 0.29) is 0 Å². The summed E-state index contributed by atoms with van der Waals surface area (Å²) >= 11 is 6.12. The lowest BCUT2D eigenvalue weighted by Crippen LogP contribution is -2.47. The summed E-state index contributed by atoms with van der Waals surface area (Å²) in [4.78, 5) is 16.3. The largest absolute Gasteiger partial charge is 0.368 e. The molecule has 0 atom stereocenters. The lowest BCUT2D eigenvalue weighted by molar-refractivity contribution is 0.645. The molecule has 1 fully saturated rings. The molecule has 0 unspecified atom stereocenters. The van der Waals surface area contributed by atoms with Crippen molar-refractivity contribution in [3.05, 3.63) is 41.0 Å². The third-order valence-corrected chi connectivity index (χ3v) is 4.89. The Labute approximate surface area is 155 Å². The Balaban J connectivity index is 1.72. The first-order chi connectivity index (χ1) is 12.1. The number of rotatable bonds is 5. The van der Waals surface area contributed by atoms with Crippen molar-refractivity contribution in [2.45, 2.75) is 20.8 Å². The molecule has 0 bridgehead atoms. The van der Waals surface area contributed by atoms with Gasteiger partial charge in [0.2, 0.25) is 5.95 Å². The maximum absolute atomic E-state index is 6.12. The van der Waals surface area contributed by atoms with Gasteiger partial charge in [0.15, 0.2) is 0 Å². The smallest absolute Gasteiger partial charge is 0.227 e. The standard InChI is InChI=1S/C19H26ClN5/c1-4-23(5-2)19-21-15(3)13-18(22-19)25-11-9-24(10-12-25)17-8-6-7-16(20)14-17/h6-8,13-14H,4-5,9-12H2,1-3H3. The summed E-state index contributed by atoms with van der Waals surface area (Å²) in [7, 11) is 0. The van der Waals surface area contributed by atoms with Gasteiger partial charge in [-0.2, -0.15) is 4.98 Å². The maximum Gasteiger partial charge on any atom is 0.227 e. The van der Waals surface area contributed by atoms with E-state index in [1.807, 2.05) is 25.1 Å². The third-order valence-electron chi connectivity index (χ3n) is 4.65. The van der Waals surface area contributed by atoms with Crippen LogP contribution in [0, 0.1) is 6.92 Å². The van der Waals surface area contributed by atoms with Gasteiger partial charge in [-0.05, 0) is 39.0 Å². The summed E-state index contributed by atoms with van der Waals surface area (Å²) in [5.74, 6) is 1.86. The van der Waals surface area contributed by atoms with E-state index in [0.717, 1.165) is 61.8 Å². The molecule has 1 aromatic heterocycles. The van der Waals surface area contributed by atoms with Crippen LogP contribution in [0.4, 0.5) is 17.5 Å². The molecule has 2 heterocycles. The molecule has 1 aliphatic rings. The highest BCUT2D eigenvalue weighted by atomic mass is 35.5. The number of aryl methyl sites for hydroxylation is 1. The predicted molar refractivity (Wildman–Crippen MR) is 106 cm³/mol. The highest BCUT2D eigenvalue weighted by molar-refractivity contribution is 6.30. The summed E-state index contributed by atoms with van der Waals surface area (Å²) in [6, 6.07) is 10.2. The molecule has 2 aromatic rings. The van der Waals surface area contributed by atoms with Crippen LogP contribution in [0.1, 0.15) is 19.5 Å². The van der Waals surface area contributed by atoms with Crippen LogP contribution in [0.25, 0.3) is 0 Å². The average molecular weight is 360 g/mol. The molecule has 0 N–H and O–H groups in total. The summed E-state index contributed by atoms with van der Waals surface area (Å²) in [6.45, 7) is 12.0. The SMILES string of the molecule is CCN(CC)c1nc(C)cc(N2CCN(c3cccc(Cl)c3)CC2)n1. The van der Waals surface area contributed by atoms with E-state index < -0.39 is 0 Å². The number of benzene rings is 1. The van der Waals surface area contributed by atoms with Crippen LogP contribution in [-0.2, 0) is 0 Å².